The number of sulfonamides is 1. The number of rotatable bonds is 6. The maximum Gasteiger partial charge on any atom is 0.272 e. The normalized spacial score (nSPS) is 12.2. The number of aromatic nitrogens is 2. The zero-order chi connectivity index (χ0) is 25.7. The Morgan fingerprint density at radius 1 is 0.917 bits per heavy atom. The van der Waals surface area contributed by atoms with E-state index < -0.39 is 25.8 Å². The van der Waals surface area contributed by atoms with Gasteiger partial charge >= 0.3 is 0 Å². The van der Waals surface area contributed by atoms with Crippen LogP contribution in [0.15, 0.2) is 76.5 Å². The fourth-order valence-corrected chi connectivity index (χ4v) is 6.62. The summed E-state index contributed by atoms with van der Waals surface area (Å²) in [6.07, 6.45) is 1.05. The molecule has 36 heavy (non-hydrogen) atoms. The summed E-state index contributed by atoms with van der Waals surface area (Å²) in [4.78, 5) is 20.4. The highest BCUT2D eigenvalue weighted by Gasteiger charge is 2.20. The second-order valence-corrected chi connectivity index (χ2v) is 13.1. The van der Waals surface area contributed by atoms with E-state index in [0.29, 0.717) is 22.3 Å². The molecule has 3 N–H and O–H groups in total. The molecule has 0 aliphatic rings. The van der Waals surface area contributed by atoms with Crippen LogP contribution in [0.4, 0.5) is 11.4 Å². The van der Waals surface area contributed by atoms with Crippen molar-refractivity contribution in [2.45, 2.75) is 16.7 Å². The molecule has 2 heterocycles. The fourth-order valence-electron chi connectivity index (χ4n) is 3.79. The highest BCUT2D eigenvalue weighted by molar-refractivity contribution is 7.92. The largest absolute Gasteiger partial charge is 0.350 e. The van der Waals surface area contributed by atoms with Crippen LogP contribution in [-0.4, -0.2) is 39.0 Å². The number of aromatic amines is 1. The van der Waals surface area contributed by atoms with Crippen LogP contribution in [0.5, 0.6) is 0 Å². The number of nitrogens with zero attached hydrogens (tertiary/aromatic N) is 1. The number of hydrogen-bond acceptors (Lipinski definition) is 7. The molecule has 2 aromatic heterocycles. The number of benzene rings is 3. The van der Waals surface area contributed by atoms with Crippen molar-refractivity contribution in [1.82, 2.24) is 9.97 Å². The van der Waals surface area contributed by atoms with Crippen LogP contribution in [0.25, 0.3) is 21.1 Å². The van der Waals surface area contributed by atoms with E-state index in [4.69, 9.17) is 0 Å². The lowest BCUT2D eigenvalue weighted by Gasteiger charge is -2.08. The van der Waals surface area contributed by atoms with E-state index in [-0.39, 0.29) is 15.5 Å². The van der Waals surface area contributed by atoms with Gasteiger partial charge in [-0.15, -0.1) is 11.3 Å². The molecule has 0 fully saturated rings. The molecule has 0 atom stereocenters. The Morgan fingerprint density at radius 2 is 1.69 bits per heavy atom. The van der Waals surface area contributed by atoms with Crippen LogP contribution >= 0.6 is 11.3 Å². The van der Waals surface area contributed by atoms with E-state index in [0.717, 1.165) is 21.5 Å². The lowest BCUT2D eigenvalue weighted by atomic mass is 10.2. The molecule has 0 aliphatic carbocycles. The molecule has 0 radical (unpaired) electrons. The van der Waals surface area contributed by atoms with Gasteiger partial charge in [-0.3, -0.25) is 9.52 Å². The number of fused-ring (bicyclic) bond motifs is 2. The van der Waals surface area contributed by atoms with Gasteiger partial charge in [0.15, 0.2) is 0 Å². The third-order valence-electron chi connectivity index (χ3n) is 5.35. The van der Waals surface area contributed by atoms with Gasteiger partial charge in [-0.05, 0) is 61.5 Å². The van der Waals surface area contributed by atoms with Crippen LogP contribution in [0.2, 0.25) is 0 Å². The van der Waals surface area contributed by atoms with Crippen LogP contribution in [-0.2, 0) is 19.9 Å². The van der Waals surface area contributed by atoms with E-state index >= 15 is 0 Å². The first-order valence-corrected chi connectivity index (χ1v) is 14.8. The molecular formula is C24H20N4O5S3. The van der Waals surface area contributed by atoms with Crippen molar-refractivity contribution in [2.24, 2.45) is 0 Å². The quantitative estimate of drug-likeness (QED) is 0.289. The molecule has 0 saturated carbocycles. The summed E-state index contributed by atoms with van der Waals surface area (Å²) in [6.45, 7) is 1.86. The molecular weight excluding hydrogens is 520 g/mol. The predicted molar refractivity (Wildman–Crippen MR) is 141 cm³/mol. The van der Waals surface area contributed by atoms with Crippen LogP contribution in [0.3, 0.4) is 0 Å². The van der Waals surface area contributed by atoms with Crippen molar-refractivity contribution >= 4 is 69.6 Å². The standard InChI is InChI=1S/C24H20N4O5S3/c1-14-25-20-9-8-19(13-23(20)34-14)36(32,33)18-5-3-4-16(11-18)26-24(29)22-10-15-6-7-17(12-21(15)27-22)28-35(2,30)31/h3-13,27-28H,1-2H3,(H,26,29). The van der Waals surface area contributed by atoms with E-state index in [9.17, 15) is 21.6 Å². The predicted octanol–water partition coefficient (Wildman–Crippen LogP) is 4.54. The van der Waals surface area contributed by atoms with Crippen LogP contribution < -0.4 is 10.0 Å². The third kappa shape index (κ3) is 4.83. The van der Waals surface area contributed by atoms with Gasteiger partial charge in [0.25, 0.3) is 5.91 Å². The Bertz CT molecular complexity index is 1870. The number of carbonyl (C=O) groups excluding carboxylic acids is 1. The van der Waals surface area contributed by atoms with Gasteiger partial charge < -0.3 is 10.3 Å². The summed E-state index contributed by atoms with van der Waals surface area (Å²) in [7, 11) is -7.26. The van der Waals surface area contributed by atoms with Gasteiger partial charge in [-0.1, -0.05) is 12.1 Å². The molecule has 0 aliphatic heterocycles. The number of carbonyl (C=O) groups is 1. The number of aryl methyl sites for hydroxylation is 1. The topological polar surface area (TPSA) is 138 Å². The first-order valence-electron chi connectivity index (χ1n) is 10.6. The summed E-state index contributed by atoms with van der Waals surface area (Å²) in [5.41, 5.74) is 2.23. The van der Waals surface area contributed by atoms with E-state index in [1.54, 1.807) is 48.5 Å². The zero-order valence-electron chi connectivity index (χ0n) is 19.1. The molecule has 0 bridgehead atoms. The molecule has 5 aromatic rings. The summed E-state index contributed by atoms with van der Waals surface area (Å²) in [5, 5.41) is 4.28. The van der Waals surface area contributed by atoms with Gasteiger partial charge in [0, 0.05) is 16.6 Å². The Kier molecular flexibility index (Phi) is 5.81. The first-order chi connectivity index (χ1) is 17.0. The summed E-state index contributed by atoms with van der Waals surface area (Å²) < 4.78 is 52.6. The number of amides is 1. The second-order valence-electron chi connectivity index (χ2n) is 8.21. The number of H-pyrrole nitrogens is 1. The van der Waals surface area contributed by atoms with Crippen molar-refractivity contribution in [3.63, 3.8) is 0 Å². The van der Waals surface area contributed by atoms with Crippen molar-refractivity contribution in [3.8, 4) is 0 Å². The molecule has 0 spiro atoms. The monoisotopic (exact) mass is 540 g/mol. The Balaban J connectivity index is 1.40. The lowest BCUT2D eigenvalue weighted by molar-refractivity contribution is 0.102. The van der Waals surface area contributed by atoms with E-state index in [1.165, 1.54) is 29.5 Å². The smallest absolute Gasteiger partial charge is 0.272 e. The van der Waals surface area contributed by atoms with Gasteiger partial charge in [-0.25, -0.2) is 21.8 Å². The van der Waals surface area contributed by atoms with Gasteiger partial charge in [0.05, 0.1) is 37.0 Å². The summed E-state index contributed by atoms with van der Waals surface area (Å²) in [6, 6.07) is 17.4. The van der Waals surface area contributed by atoms with Gasteiger partial charge in [-0.2, -0.15) is 0 Å². The third-order valence-corrected chi connectivity index (χ3v) is 8.64. The number of hydrogen-bond donors (Lipinski definition) is 3. The van der Waals surface area contributed by atoms with Crippen LogP contribution in [0.1, 0.15) is 15.5 Å². The Hall–Kier alpha value is -3.74. The van der Waals surface area contributed by atoms with Crippen LogP contribution in [0, 0.1) is 6.92 Å². The molecule has 0 saturated heterocycles. The average Bonchev–Trinajstić information content (AvgIpc) is 3.39. The molecule has 5 rings (SSSR count). The molecule has 0 unspecified atom stereocenters. The highest BCUT2D eigenvalue weighted by Crippen LogP contribution is 2.29. The van der Waals surface area contributed by atoms with Crippen molar-refractivity contribution < 1.29 is 21.6 Å². The molecule has 12 heteroatoms. The SMILES string of the molecule is Cc1nc2ccc(S(=O)(=O)c3cccc(NC(=O)c4cc5ccc(NS(C)(=O)=O)cc5[nH]4)c3)cc2s1. The number of nitrogens with one attached hydrogen (secondary N) is 3. The molecule has 3 aromatic carbocycles. The summed E-state index contributed by atoms with van der Waals surface area (Å²) in [5.74, 6) is -0.472. The number of sulfone groups is 1. The summed E-state index contributed by atoms with van der Waals surface area (Å²) >= 11 is 1.42. The Morgan fingerprint density at radius 3 is 2.47 bits per heavy atom. The zero-order valence-corrected chi connectivity index (χ0v) is 21.5. The fraction of sp³-hybridized carbons (Fsp3) is 0.0833. The minimum Gasteiger partial charge on any atom is -0.350 e. The lowest BCUT2D eigenvalue weighted by Crippen LogP contribution is -2.12. The van der Waals surface area contributed by atoms with Crippen molar-refractivity contribution in [3.05, 3.63) is 77.4 Å². The maximum atomic E-state index is 13.3. The minimum absolute atomic E-state index is 0.0500. The van der Waals surface area contributed by atoms with Crippen molar-refractivity contribution in [2.75, 3.05) is 16.3 Å². The highest BCUT2D eigenvalue weighted by atomic mass is 32.2. The maximum absolute atomic E-state index is 13.3. The van der Waals surface area contributed by atoms with E-state index in [2.05, 4.69) is 20.0 Å². The first kappa shape index (κ1) is 24.0. The molecule has 9 nitrogen and oxygen atoms in total. The molecule has 184 valence electrons. The number of thiazole rings is 1. The van der Waals surface area contributed by atoms with E-state index in [1.807, 2.05) is 6.92 Å². The molecule has 1 amide bonds. The van der Waals surface area contributed by atoms with Gasteiger partial charge in [0.1, 0.15) is 5.69 Å². The van der Waals surface area contributed by atoms with Gasteiger partial charge in [0.2, 0.25) is 19.9 Å². The van der Waals surface area contributed by atoms with Crippen molar-refractivity contribution in [1.29, 1.82) is 0 Å². The number of anilines is 2. The average molecular weight is 541 g/mol. The minimum atomic E-state index is -3.82. The Labute approximate surface area is 211 Å². The second kappa shape index (κ2) is 8.73.